The van der Waals surface area contributed by atoms with E-state index in [4.69, 9.17) is 10.1 Å². The van der Waals surface area contributed by atoms with Crippen molar-refractivity contribution in [3.63, 3.8) is 0 Å². The lowest BCUT2D eigenvalue weighted by Gasteiger charge is -2.36. The third-order valence-electron chi connectivity index (χ3n) is 7.48. The van der Waals surface area contributed by atoms with Crippen LogP contribution in [-0.4, -0.2) is 131 Å². The molecule has 0 radical (unpaired) electrons. The van der Waals surface area contributed by atoms with E-state index < -0.39 is 6.04 Å². The molecule has 5 rings (SSSR count). The van der Waals surface area contributed by atoms with Crippen LogP contribution in [0.4, 0.5) is 4.79 Å². The molecule has 10 heteroatoms. The van der Waals surface area contributed by atoms with Crippen LogP contribution in [0, 0.1) is 0 Å². The number of urea groups is 1. The zero-order valence-electron chi connectivity index (χ0n) is 20.1. The molecule has 0 N–H and O–H groups in total. The number of carbonyl (C=O) groups is 2. The number of carbonyl (C=O) groups excluding carboxylic acids is 2. The highest BCUT2D eigenvalue weighted by molar-refractivity contribution is 6.23. The molecule has 3 amide bonds. The largest absolute Gasteiger partial charge is 0.416 e. The van der Waals surface area contributed by atoms with Crippen LogP contribution in [0.15, 0.2) is 10.1 Å². The number of piperidine rings is 2. The predicted molar refractivity (Wildman–Crippen MR) is 127 cm³/mol. The van der Waals surface area contributed by atoms with Gasteiger partial charge in [0.15, 0.2) is 0 Å². The highest BCUT2D eigenvalue weighted by atomic mass is 16.2. The number of imide groups is 1. The standard InChI is InChI=1S/C23H37N8O2/c1-18-17-30-19-20(24-22(30)31(25-18)16-14-28-11-7-4-8-12-28)26(2)23(33)29(21(19)32)15-13-27-9-5-3-6-10-27/h19H,3-17H2,1-2H3/q+1. The minimum atomic E-state index is -0.549. The van der Waals surface area contributed by atoms with Crippen LogP contribution in [0.3, 0.4) is 0 Å². The second-order valence-electron chi connectivity index (χ2n) is 9.89. The van der Waals surface area contributed by atoms with Crippen molar-refractivity contribution in [3.8, 4) is 0 Å². The quantitative estimate of drug-likeness (QED) is 0.549. The number of nitrogens with zero attached hydrogens (tertiary/aromatic N) is 8. The Morgan fingerprint density at radius 3 is 2.12 bits per heavy atom. The van der Waals surface area contributed by atoms with Crippen LogP contribution in [-0.2, 0) is 4.79 Å². The number of hydrogen-bond donors (Lipinski definition) is 0. The predicted octanol–water partition coefficient (Wildman–Crippen LogP) is 0.693. The monoisotopic (exact) mass is 457 g/mol. The first-order chi connectivity index (χ1) is 16.0. The molecule has 1 unspecified atom stereocenters. The average molecular weight is 458 g/mol. The fraction of sp³-hybridized carbons (Fsp3) is 0.783. The van der Waals surface area contributed by atoms with Crippen LogP contribution in [0.5, 0.6) is 0 Å². The van der Waals surface area contributed by atoms with Gasteiger partial charge in [0.25, 0.3) is 5.91 Å². The highest BCUT2D eigenvalue weighted by Gasteiger charge is 2.54. The third-order valence-corrected chi connectivity index (χ3v) is 7.48. The molecule has 0 aromatic heterocycles. The van der Waals surface area contributed by atoms with Crippen molar-refractivity contribution in [1.82, 2.24) is 24.6 Å². The Morgan fingerprint density at radius 2 is 1.48 bits per heavy atom. The fourth-order valence-corrected chi connectivity index (χ4v) is 5.60. The number of fused-ring (bicyclic) bond motifs is 2. The lowest BCUT2D eigenvalue weighted by Crippen LogP contribution is -2.64. The number of likely N-dealkylation sites (N-methyl/N-ethyl adjacent to an activating group) is 1. The van der Waals surface area contributed by atoms with E-state index in [2.05, 4.69) is 9.80 Å². The number of hydrogen-bond acceptors (Lipinski definition) is 7. The van der Waals surface area contributed by atoms with Crippen LogP contribution in [0.2, 0.25) is 0 Å². The minimum Gasteiger partial charge on any atom is -0.302 e. The molecule has 0 spiro atoms. The summed E-state index contributed by atoms with van der Waals surface area (Å²) < 4.78 is 2.03. The Kier molecular flexibility index (Phi) is 6.47. The van der Waals surface area contributed by atoms with E-state index in [-0.39, 0.29) is 11.9 Å². The van der Waals surface area contributed by atoms with Crippen LogP contribution in [0.25, 0.3) is 0 Å². The van der Waals surface area contributed by atoms with Gasteiger partial charge in [-0.15, -0.1) is 10.1 Å². The molecular weight excluding hydrogens is 420 g/mol. The molecule has 0 aliphatic carbocycles. The van der Waals surface area contributed by atoms with E-state index >= 15 is 0 Å². The van der Waals surface area contributed by atoms with Gasteiger partial charge in [0.05, 0.1) is 5.71 Å². The molecule has 1 atom stereocenters. The normalized spacial score (nSPS) is 27.1. The SMILES string of the molecule is CC1=NN(CCN2CCCCC2)C2=[N+](C1)C1C(=O)N(CCN3CCCCC3)C(=O)N(C)C1=N2. The van der Waals surface area contributed by atoms with E-state index in [0.29, 0.717) is 24.9 Å². The van der Waals surface area contributed by atoms with Gasteiger partial charge in [-0.3, -0.25) is 14.6 Å². The Bertz CT molecular complexity index is 885. The number of likely N-dealkylation sites (tertiary alicyclic amines) is 2. The maximum Gasteiger partial charge on any atom is 0.416 e. The summed E-state index contributed by atoms with van der Waals surface area (Å²) in [5, 5.41) is 6.69. The molecule has 3 saturated heterocycles. The second-order valence-corrected chi connectivity index (χ2v) is 9.89. The number of hydrazone groups is 1. The van der Waals surface area contributed by atoms with E-state index in [9.17, 15) is 9.59 Å². The summed E-state index contributed by atoms with van der Waals surface area (Å²) in [7, 11) is 1.74. The molecule has 0 aromatic rings. The van der Waals surface area contributed by atoms with Crippen molar-refractivity contribution >= 4 is 29.4 Å². The van der Waals surface area contributed by atoms with Crippen molar-refractivity contribution < 1.29 is 14.2 Å². The van der Waals surface area contributed by atoms with Crippen LogP contribution >= 0.6 is 0 Å². The number of amides is 3. The van der Waals surface area contributed by atoms with Crippen molar-refractivity contribution in [3.05, 3.63) is 0 Å². The first-order valence-electron chi connectivity index (χ1n) is 12.6. The van der Waals surface area contributed by atoms with E-state index in [1.54, 1.807) is 11.9 Å². The maximum atomic E-state index is 13.6. The average Bonchev–Trinajstić information content (AvgIpc) is 3.22. The molecule has 3 fully saturated rings. The van der Waals surface area contributed by atoms with Crippen LogP contribution in [0.1, 0.15) is 45.4 Å². The Balaban J connectivity index is 1.32. The Labute approximate surface area is 196 Å². The van der Waals surface area contributed by atoms with Gasteiger partial charge in [-0.2, -0.15) is 0 Å². The van der Waals surface area contributed by atoms with Gasteiger partial charge in [0, 0.05) is 26.7 Å². The molecule has 180 valence electrons. The summed E-state index contributed by atoms with van der Waals surface area (Å²) in [4.78, 5) is 39.3. The Morgan fingerprint density at radius 1 is 0.879 bits per heavy atom. The molecule has 33 heavy (non-hydrogen) atoms. The smallest absolute Gasteiger partial charge is 0.302 e. The summed E-state index contributed by atoms with van der Waals surface area (Å²) >= 11 is 0. The molecule has 0 aromatic carbocycles. The van der Waals surface area contributed by atoms with Crippen LogP contribution < -0.4 is 0 Å². The first-order valence-corrected chi connectivity index (χ1v) is 12.6. The summed E-state index contributed by atoms with van der Waals surface area (Å²) in [5.74, 6) is 1.07. The molecule has 5 aliphatic heterocycles. The van der Waals surface area contributed by atoms with E-state index in [1.807, 2.05) is 16.5 Å². The zero-order valence-corrected chi connectivity index (χ0v) is 20.1. The lowest BCUT2D eigenvalue weighted by molar-refractivity contribution is -0.527. The third kappa shape index (κ3) is 4.42. The second kappa shape index (κ2) is 9.50. The van der Waals surface area contributed by atoms with Gasteiger partial charge in [0.1, 0.15) is 13.1 Å². The fourth-order valence-electron chi connectivity index (χ4n) is 5.60. The molecule has 5 heterocycles. The molecule has 10 nitrogen and oxygen atoms in total. The number of aliphatic imine (C=N–C) groups is 1. The van der Waals surface area contributed by atoms with Crippen molar-refractivity contribution in [2.45, 2.75) is 51.5 Å². The summed E-state index contributed by atoms with van der Waals surface area (Å²) in [6, 6.07) is -0.822. The first kappa shape index (κ1) is 22.5. The van der Waals surface area contributed by atoms with E-state index in [0.717, 1.165) is 51.5 Å². The van der Waals surface area contributed by atoms with E-state index in [1.165, 1.54) is 43.4 Å². The topological polar surface area (TPSA) is 78.1 Å². The summed E-state index contributed by atoms with van der Waals surface area (Å²) in [5.41, 5.74) is 0.959. The van der Waals surface area contributed by atoms with Gasteiger partial charge < -0.3 is 9.80 Å². The van der Waals surface area contributed by atoms with Gasteiger partial charge in [-0.05, 0) is 58.8 Å². The molecule has 0 bridgehead atoms. The summed E-state index contributed by atoms with van der Waals surface area (Å²) in [6.07, 6.45) is 7.48. The van der Waals surface area contributed by atoms with Gasteiger partial charge in [-0.25, -0.2) is 9.37 Å². The maximum absolute atomic E-state index is 13.6. The molecular formula is C23H37N8O2+. The summed E-state index contributed by atoms with van der Waals surface area (Å²) in [6.45, 7) is 9.75. The molecule has 5 aliphatic rings. The Hall–Kier alpha value is -2.33. The lowest BCUT2D eigenvalue weighted by atomic mass is 10.1. The van der Waals surface area contributed by atoms with Gasteiger partial charge in [-0.1, -0.05) is 17.8 Å². The number of guanidine groups is 1. The van der Waals surface area contributed by atoms with Gasteiger partial charge in [0.2, 0.25) is 11.9 Å². The highest BCUT2D eigenvalue weighted by Crippen LogP contribution is 2.23. The van der Waals surface area contributed by atoms with Crippen molar-refractivity contribution in [2.24, 2.45) is 10.1 Å². The number of rotatable bonds is 6. The zero-order chi connectivity index (χ0) is 22.9. The number of amidine groups is 1. The minimum absolute atomic E-state index is 0.158. The molecule has 0 saturated carbocycles. The van der Waals surface area contributed by atoms with Crippen molar-refractivity contribution in [1.29, 1.82) is 0 Å². The van der Waals surface area contributed by atoms with Crippen molar-refractivity contribution in [2.75, 3.05) is 66.0 Å². The van der Waals surface area contributed by atoms with Gasteiger partial charge >= 0.3 is 12.0 Å².